The molecule has 1 fully saturated rings. The van der Waals surface area contributed by atoms with Crippen LogP contribution < -0.4 is 4.74 Å². The predicted octanol–water partition coefficient (Wildman–Crippen LogP) is 2.08. The third-order valence-corrected chi connectivity index (χ3v) is 3.85. The second-order valence-electron chi connectivity index (χ2n) is 5.06. The number of hydrogen-bond acceptors (Lipinski definition) is 3. The van der Waals surface area contributed by atoms with Gasteiger partial charge >= 0.3 is 5.97 Å². The zero-order valence-corrected chi connectivity index (χ0v) is 11.7. The number of likely N-dealkylation sites (tertiary alicyclic amines) is 1. The first kappa shape index (κ1) is 14.4. The monoisotopic (exact) mass is 277 g/mol. The molecule has 1 amide bonds. The lowest BCUT2D eigenvalue weighted by atomic mass is 9.89. The van der Waals surface area contributed by atoms with Crippen LogP contribution in [0.5, 0.6) is 5.75 Å². The number of rotatable bonds is 3. The number of carboxylic acid groups (broad SMARTS) is 1. The van der Waals surface area contributed by atoms with Crippen LogP contribution in [0.2, 0.25) is 0 Å². The smallest absolute Gasteiger partial charge is 0.308 e. The van der Waals surface area contributed by atoms with Gasteiger partial charge in [0.15, 0.2) is 0 Å². The number of amides is 1. The van der Waals surface area contributed by atoms with E-state index in [9.17, 15) is 14.7 Å². The van der Waals surface area contributed by atoms with E-state index in [-0.39, 0.29) is 5.91 Å². The predicted molar refractivity (Wildman–Crippen MR) is 73.5 cm³/mol. The maximum atomic E-state index is 12.0. The minimum atomic E-state index is -0.862. The Morgan fingerprint density at radius 2 is 2.20 bits per heavy atom. The summed E-state index contributed by atoms with van der Waals surface area (Å²) in [5.41, 5.74) is 0.800. The molecule has 5 nitrogen and oxygen atoms in total. The van der Waals surface area contributed by atoms with Gasteiger partial charge in [0.05, 0.1) is 19.1 Å². The third kappa shape index (κ3) is 2.76. The molecular formula is C15H19NO4. The number of aliphatic carboxylic acids is 1. The van der Waals surface area contributed by atoms with Crippen LogP contribution in [0.4, 0.5) is 0 Å². The molecule has 1 N–H and O–H groups in total. The lowest BCUT2D eigenvalue weighted by molar-refractivity contribution is -0.145. The molecule has 0 bridgehead atoms. The molecule has 1 aliphatic heterocycles. The van der Waals surface area contributed by atoms with Crippen molar-refractivity contribution in [3.8, 4) is 5.75 Å². The van der Waals surface area contributed by atoms with Crippen molar-refractivity contribution in [2.45, 2.75) is 25.3 Å². The van der Waals surface area contributed by atoms with Crippen LogP contribution in [-0.2, 0) is 9.59 Å². The van der Waals surface area contributed by atoms with Gasteiger partial charge in [-0.1, -0.05) is 12.1 Å². The van der Waals surface area contributed by atoms with Gasteiger partial charge in [0.1, 0.15) is 5.75 Å². The van der Waals surface area contributed by atoms with Crippen LogP contribution in [0, 0.1) is 5.92 Å². The number of carbonyl (C=O) groups excluding carboxylic acids is 1. The molecule has 0 aromatic heterocycles. The summed E-state index contributed by atoms with van der Waals surface area (Å²) in [6.07, 6.45) is 1.52. The van der Waals surface area contributed by atoms with Crippen LogP contribution in [0.1, 0.15) is 30.9 Å². The summed E-state index contributed by atoms with van der Waals surface area (Å²) in [5, 5.41) is 9.46. The van der Waals surface area contributed by atoms with Crippen molar-refractivity contribution >= 4 is 11.9 Å². The molecule has 1 aromatic carbocycles. The summed E-state index contributed by atoms with van der Waals surface area (Å²) in [7, 11) is 3.24. The minimum Gasteiger partial charge on any atom is -0.497 e. The van der Waals surface area contributed by atoms with E-state index in [1.807, 2.05) is 12.1 Å². The number of hydrogen-bond donors (Lipinski definition) is 1. The highest BCUT2D eigenvalue weighted by atomic mass is 16.5. The second kappa shape index (κ2) is 5.94. The molecule has 108 valence electrons. The largest absolute Gasteiger partial charge is 0.497 e. The van der Waals surface area contributed by atoms with Crippen LogP contribution in [0.15, 0.2) is 24.3 Å². The number of carbonyl (C=O) groups is 2. The fourth-order valence-corrected chi connectivity index (χ4v) is 2.77. The van der Waals surface area contributed by atoms with E-state index >= 15 is 0 Å². The van der Waals surface area contributed by atoms with Gasteiger partial charge < -0.3 is 14.7 Å². The maximum Gasteiger partial charge on any atom is 0.308 e. The van der Waals surface area contributed by atoms with Gasteiger partial charge in [0.25, 0.3) is 0 Å². The van der Waals surface area contributed by atoms with E-state index in [0.717, 1.165) is 5.56 Å². The number of carboxylic acids is 1. The van der Waals surface area contributed by atoms with Crippen LogP contribution in [-0.4, -0.2) is 36.0 Å². The molecule has 0 saturated carbocycles. The van der Waals surface area contributed by atoms with Gasteiger partial charge in [-0.3, -0.25) is 9.59 Å². The second-order valence-corrected chi connectivity index (χ2v) is 5.06. The Balaban J connectivity index is 2.44. The fraction of sp³-hybridized carbons (Fsp3) is 0.467. The van der Waals surface area contributed by atoms with E-state index < -0.39 is 17.9 Å². The number of methoxy groups -OCH3 is 1. The normalized spacial score (nSPS) is 23.3. The average molecular weight is 277 g/mol. The first-order valence-corrected chi connectivity index (χ1v) is 6.67. The van der Waals surface area contributed by atoms with E-state index in [1.54, 1.807) is 31.2 Å². The van der Waals surface area contributed by atoms with Gasteiger partial charge in [0.2, 0.25) is 5.91 Å². The summed E-state index contributed by atoms with van der Waals surface area (Å²) >= 11 is 0. The standard InChI is InChI=1S/C15H19NO4/c1-16-13(17)8-4-7-12(15(18)19)14(16)10-5-3-6-11(9-10)20-2/h3,5-6,9,12,14H,4,7-8H2,1-2H3,(H,18,19). The van der Waals surface area contributed by atoms with Crippen molar-refractivity contribution in [3.05, 3.63) is 29.8 Å². The van der Waals surface area contributed by atoms with Gasteiger partial charge in [0, 0.05) is 13.5 Å². The number of ether oxygens (including phenoxy) is 1. The molecule has 2 unspecified atom stereocenters. The van der Waals surface area contributed by atoms with Crippen molar-refractivity contribution < 1.29 is 19.4 Å². The lowest BCUT2D eigenvalue weighted by Gasteiger charge is -2.30. The Morgan fingerprint density at radius 1 is 1.45 bits per heavy atom. The summed E-state index contributed by atoms with van der Waals surface area (Å²) in [6, 6.07) is 6.82. The van der Waals surface area contributed by atoms with Crippen molar-refractivity contribution in [1.82, 2.24) is 4.90 Å². The molecule has 0 aliphatic carbocycles. The van der Waals surface area contributed by atoms with Crippen molar-refractivity contribution in [3.63, 3.8) is 0 Å². The molecule has 1 aliphatic rings. The molecule has 2 rings (SSSR count). The average Bonchev–Trinajstić information content (AvgIpc) is 2.59. The van der Waals surface area contributed by atoms with E-state index in [2.05, 4.69) is 0 Å². The molecule has 1 heterocycles. The number of nitrogens with zero attached hydrogens (tertiary/aromatic N) is 1. The van der Waals surface area contributed by atoms with E-state index in [4.69, 9.17) is 4.74 Å². The van der Waals surface area contributed by atoms with Crippen LogP contribution in [0.25, 0.3) is 0 Å². The van der Waals surface area contributed by atoms with E-state index in [0.29, 0.717) is 25.0 Å². The van der Waals surface area contributed by atoms with E-state index in [1.165, 1.54) is 0 Å². The highest BCUT2D eigenvalue weighted by Crippen LogP contribution is 2.36. The topological polar surface area (TPSA) is 66.8 Å². The van der Waals surface area contributed by atoms with Gasteiger partial charge in [-0.25, -0.2) is 0 Å². The van der Waals surface area contributed by atoms with Gasteiger partial charge in [-0.05, 0) is 30.5 Å². The molecule has 2 atom stereocenters. The molecule has 1 aromatic rings. The summed E-state index contributed by atoms with van der Waals surface area (Å²) < 4.78 is 5.18. The summed E-state index contributed by atoms with van der Waals surface area (Å²) in [4.78, 5) is 25.1. The highest BCUT2D eigenvalue weighted by Gasteiger charge is 2.36. The zero-order valence-electron chi connectivity index (χ0n) is 11.7. The van der Waals surface area contributed by atoms with Gasteiger partial charge in [-0.15, -0.1) is 0 Å². The third-order valence-electron chi connectivity index (χ3n) is 3.85. The Labute approximate surface area is 118 Å². The first-order chi connectivity index (χ1) is 9.54. The zero-order chi connectivity index (χ0) is 14.7. The Hall–Kier alpha value is -2.04. The van der Waals surface area contributed by atoms with Crippen molar-refractivity contribution in [2.24, 2.45) is 5.92 Å². The summed E-state index contributed by atoms with van der Waals surface area (Å²) in [6.45, 7) is 0. The van der Waals surface area contributed by atoms with Crippen LogP contribution >= 0.6 is 0 Å². The Bertz CT molecular complexity index is 514. The lowest BCUT2D eigenvalue weighted by Crippen LogP contribution is -2.36. The van der Waals surface area contributed by atoms with Crippen molar-refractivity contribution in [1.29, 1.82) is 0 Å². The number of benzene rings is 1. The van der Waals surface area contributed by atoms with Crippen molar-refractivity contribution in [2.75, 3.05) is 14.2 Å². The minimum absolute atomic E-state index is 0.0124. The molecule has 20 heavy (non-hydrogen) atoms. The maximum absolute atomic E-state index is 12.0. The quantitative estimate of drug-likeness (QED) is 0.918. The first-order valence-electron chi connectivity index (χ1n) is 6.67. The summed E-state index contributed by atoms with van der Waals surface area (Å²) in [5.74, 6) is -0.795. The molecule has 5 heteroatoms. The highest BCUT2D eigenvalue weighted by molar-refractivity contribution is 5.79. The molecule has 0 radical (unpaired) electrons. The Kier molecular flexibility index (Phi) is 4.27. The molecule has 1 saturated heterocycles. The van der Waals surface area contributed by atoms with Crippen LogP contribution in [0.3, 0.4) is 0 Å². The van der Waals surface area contributed by atoms with Gasteiger partial charge in [-0.2, -0.15) is 0 Å². The molecular weight excluding hydrogens is 258 g/mol. The fourth-order valence-electron chi connectivity index (χ4n) is 2.77. The SMILES string of the molecule is COc1cccc(C2C(C(=O)O)CCCC(=O)N2C)c1. The molecule has 0 spiro atoms. The Morgan fingerprint density at radius 3 is 2.85 bits per heavy atom.